The molecule has 2 aromatic carbocycles. The molecule has 0 saturated heterocycles. The maximum absolute atomic E-state index is 11.9. The summed E-state index contributed by atoms with van der Waals surface area (Å²) in [6.07, 6.45) is 0.156. The Hall–Kier alpha value is -2.13. The average Bonchev–Trinajstić information content (AvgIpc) is 2.82. The SMILES string of the molecule is CCc1cc(C(O)c2ccc(C)cc2)cc2c1NC(=O)C2C. The number of anilines is 1. The fourth-order valence-corrected chi connectivity index (χ4v) is 3.00. The van der Waals surface area contributed by atoms with Gasteiger partial charge in [0.2, 0.25) is 5.91 Å². The van der Waals surface area contributed by atoms with Crippen LogP contribution in [-0.2, 0) is 11.2 Å². The Bertz CT molecular complexity index is 719. The third-order valence-corrected chi connectivity index (χ3v) is 4.47. The summed E-state index contributed by atoms with van der Waals surface area (Å²) in [6, 6.07) is 11.9. The molecule has 2 aromatic rings. The van der Waals surface area contributed by atoms with Gasteiger partial charge in [-0.1, -0.05) is 42.8 Å². The first kappa shape index (κ1) is 14.8. The van der Waals surface area contributed by atoms with E-state index in [0.717, 1.165) is 34.4 Å². The second-order valence-electron chi connectivity index (χ2n) is 6.02. The smallest absolute Gasteiger partial charge is 0.231 e. The van der Waals surface area contributed by atoms with E-state index in [-0.39, 0.29) is 11.8 Å². The van der Waals surface area contributed by atoms with Gasteiger partial charge in [-0.15, -0.1) is 0 Å². The van der Waals surface area contributed by atoms with Gasteiger partial charge >= 0.3 is 0 Å². The van der Waals surface area contributed by atoms with Gasteiger partial charge in [-0.25, -0.2) is 0 Å². The summed E-state index contributed by atoms with van der Waals surface area (Å²) in [5.41, 5.74) is 5.89. The summed E-state index contributed by atoms with van der Waals surface area (Å²) in [5, 5.41) is 13.6. The zero-order valence-electron chi connectivity index (χ0n) is 13.2. The Morgan fingerprint density at radius 3 is 2.50 bits per heavy atom. The van der Waals surface area contributed by atoms with Crippen LogP contribution in [0.25, 0.3) is 0 Å². The Morgan fingerprint density at radius 2 is 1.86 bits per heavy atom. The number of hydrogen-bond acceptors (Lipinski definition) is 2. The highest BCUT2D eigenvalue weighted by molar-refractivity contribution is 6.03. The third-order valence-electron chi connectivity index (χ3n) is 4.47. The minimum Gasteiger partial charge on any atom is -0.384 e. The van der Waals surface area contributed by atoms with E-state index >= 15 is 0 Å². The van der Waals surface area contributed by atoms with Crippen molar-refractivity contribution in [1.82, 2.24) is 0 Å². The number of nitrogens with one attached hydrogen (secondary N) is 1. The van der Waals surface area contributed by atoms with Crippen molar-refractivity contribution in [2.24, 2.45) is 0 Å². The molecule has 1 heterocycles. The van der Waals surface area contributed by atoms with Gasteiger partial charge in [0.15, 0.2) is 0 Å². The van der Waals surface area contributed by atoms with Crippen molar-refractivity contribution in [2.45, 2.75) is 39.2 Å². The van der Waals surface area contributed by atoms with Crippen LogP contribution in [-0.4, -0.2) is 11.0 Å². The lowest BCUT2D eigenvalue weighted by Crippen LogP contribution is -2.08. The van der Waals surface area contributed by atoms with Crippen LogP contribution in [0.15, 0.2) is 36.4 Å². The molecule has 2 atom stereocenters. The molecule has 22 heavy (non-hydrogen) atoms. The molecule has 2 N–H and O–H groups in total. The summed E-state index contributed by atoms with van der Waals surface area (Å²) in [6.45, 7) is 6.00. The second kappa shape index (κ2) is 5.58. The lowest BCUT2D eigenvalue weighted by molar-refractivity contribution is -0.116. The highest BCUT2D eigenvalue weighted by Crippen LogP contribution is 2.38. The second-order valence-corrected chi connectivity index (χ2v) is 6.02. The summed E-state index contributed by atoms with van der Waals surface area (Å²) in [4.78, 5) is 11.9. The number of benzene rings is 2. The van der Waals surface area contributed by atoms with E-state index in [4.69, 9.17) is 0 Å². The molecule has 114 valence electrons. The number of amides is 1. The van der Waals surface area contributed by atoms with Gasteiger partial charge < -0.3 is 10.4 Å². The van der Waals surface area contributed by atoms with E-state index < -0.39 is 6.10 Å². The van der Waals surface area contributed by atoms with Crippen molar-refractivity contribution in [3.05, 3.63) is 64.2 Å². The van der Waals surface area contributed by atoms with E-state index in [0.29, 0.717) is 0 Å². The Labute approximate surface area is 131 Å². The molecule has 1 aliphatic rings. The van der Waals surface area contributed by atoms with E-state index in [9.17, 15) is 9.90 Å². The number of aryl methyl sites for hydroxylation is 2. The van der Waals surface area contributed by atoms with E-state index in [1.165, 1.54) is 5.56 Å². The maximum Gasteiger partial charge on any atom is 0.231 e. The topological polar surface area (TPSA) is 49.3 Å². The predicted octanol–water partition coefficient (Wildman–Crippen LogP) is 3.69. The standard InChI is InChI=1S/C19H21NO2/c1-4-13-9-15(10-16-12(3)19(22)20-17(13)16)18(21)14-7-5-11(2)6-8-14/h5-10,12,18,21H,4H2,1-3H3,(H,20,22). The van der Waals surface area contributed by atoms with Crippen LogP contribution in [0.4, 0.5) is 5.69 Å². The van der Waals surface area contributed by atoms with E-state index in [1.807, 2.05) is 50.2 Å². The largest absolute Gasteiger partial charge is 0.384 e. The average molecular weight is 295 g/mol. The molecule has 3 rings (SSSR count). The van der Waals surface area contributed by atoms with Crippen LogP contribution in [0, 0.1) is 6.92 Å². The first-order valence-corrected chi connectivity index (χ1v) is 7.73. The normalized spacial score (nSPS) is 18.0. The molecular weight excluding hydrogens is 274 g/mol. The first-order chi connectivity index (χ1) is 10.5. The first-order valence-electron chi connectivity index (χ1n) is 7.73. The number of hydrogen-bond donors (Lipinski definition) is 2. The molecule has 0 radical (unpaired) electrons. The fourth-order valence-electron chi connectivity index (χ4n) is 3.00. The Kier molecular flexibility index (Phi) is 3.75. The number of rotatable bonds is 3. The third kappa shape index (κ3) is 2.42. The molecule has 0 aromatic heterocycles. The van der Waals surface area contributed by atoms with Crippen LogP contribution in [0.5, 0.6) is 0 Å². The summed E-state index contributed by atoms with van der Waals surface area (Å²) >= 11 is 0. The summed E-state index contributed by atoms with van der Waals surface area (Å²) in [5.74, 6) is -0.128. The molecule has 0 spiro atoms. The highest BCUT2D eigenvalue weighted by atomic mass is 16.3. The van der Waals surface area contributed by atoms with Crippen molar-refractivity contribution >= 4 is 11.6 Å². The van der Waals surface area contributed by atoms with Crippen molar-refractivity contribution in [3.8, 4) is 0 Å². The minimum absolute atomic E-state index is 0.0340. The van der Waals surface area contributed by atoms with Crippen molar-refractivity contribution in [1.29, 1.82) is 0 Å². The Balaban J connectivity index is 2.05. The number of carbonyl (C=O) groups excluding carboxylic acids is 1. The van der Waals surface area contributed by atoms with Crippen LogP contribution in [0.3, 0.4) is 0 Å². The monoisotopic (exact) mass is 295 g/mol. The molecule has 0 fully saturated rings. The molecule has 3 heteroatoms. The molecular formula is C19H21NO2. The van der Waals surface area contributed by atoms with Gasteiger partial charge in [-0.2, -0.15) is 0 Å². The summed E-state index contributed by atoms with van der Waals surface area (Å²) < 4.78 is 0. The van der Waals surface area contributed by atoms with Crippen LogP contribution >= 0.6 is 0 Å². The van der Waals surface area contributed by atoms with Gasteiger partial charge in [0, 0.05) is 5.69 Å². The van der Waals surface area contributed by atoms with Gasteiger partial charge in [0.25, 0.3) is 0 Å². The van der Waals surface area contributed by atoms with Crippen molar-refractivity contribution < 1.29 is 9.90 Å². The zero-order chi connectivity index (χ0) is 15.9. The predicted molar refractivity (Wildman–Crippen MR) is 88.1 cm³/mol. The molecule has 2 unspecified atom stereocenters. The fraction of sp³-hybridized carbons (Fsp3) is 0.316. The number of fused-ring (bicyclic) bond motifs is 1. The molecule has 0 bridgehead atoms. The van der Waals surface area contributed by atoms with E-state index in [2.05, 4.69) is 12.2 Å². The van der Waals surface area contributed by atoms with Crippen molar-refractivity contribution in [2.75, 3.05) is 5.32 Å². The van der Waals surface area contributed by atoms with Gasteiger partial charge in [0.05, 0.1) is 5.92 Å². The quantitative estimate of drug-likeness (QED) is 0.907. The van der Waals surface area contributed by atoms with Crippen LogP contribution in [0.1, 0.15) is 53.7 Å². The molecule has 3 nitrogen and oxygen atoms in total. The molecule has 0 aliphatic carbocycles. The maximum atomic E-state index is 11.9. The van der Waals surface area contributed by atoms with Crippen molar-refractivity contribution in [3.63, 3.8) is 0 Å². The van der Waals surface area contributed by atoms with Crippen LogP contribution in [0.2, 0.25) is 0 Å². The lowest BCUT2D eigenvalue weighted by Gasteiger charge is -2.16. The number of aliphatic hydroxyl groups is 1. The molecule has 1 amide bonds. The van der Waals surface area contributed by atoms with Gasteiger partial charge in [-0.05, 0) is 48.6 Å². The summed E-state index contributed by atoms with van der Waals surface area (Å²) in [7, 11) is 0. The zero-order valence-corrected chi connectivity index (χ0v) is 13.2. The van der Waals surface area contributed by atoms with Crippen LogP contribution < -0.4 is 5.32 Å². The molecule has 0 saturated carbocycles. The highest BCUT2D eigenvalue weighted by Gasteiger charge is 2.29. The number of carbonyl (C=O) groups is 1. The lowest BCUT2D eigenvalue weighted by atomic mass is 9.92. The number of aliphatic hydroxyl groups excluding tert-OH is 1. The van der Waals surface area contributed by atoms with Gasteiger partial charge in [-0.3, -0.25) is 4.79 Å². The minimum atomic E-state index is -0.667. The van der Waals surface area contributed by atoms with Gasteiger partial charge in [0.1, 0.15) is 6.10 Å². The van der Waals surface area contributed by atoms with E-state index in [1.54, 1.807) is 0 Å². The molecule has 1 aliphatic heterocycles. The Morgan fingerprint density at radius 1 is 1.18 bits per heavy atom.